The van der Waals surface area contributed by atoms with Gasteiger partial charge in [-0.3, -0.25) is 9.98 Å². The van der Waals surface area contributed by atoms with Gasteiger partial charge in [0.2, 0.25) is 5.90 Å². The average Bonchev–Trinajstić information content (AvgIpc) is 2.87. The van der Waals surface area contributed by atoms with E-state index in [0.29, 0.717) is 31.8 Å². The lowest BCUT2D eigenvalue weighted by atomic mass is 9.94. The monoisotopic (exact) mass is 524 g/mol. The largest absolute Gasteiger partial charge is 0.481 e. The number of hydrogen-bond donors (Lipinski definition) is 1. The summed E-state index contributed by atoms with van der Waals surface area (Å²) in [4.78, 5) is 12.6. The van der Waals surface area contributed by atoms with Crippen LogP contribution in [0.15, 0.2) is 74.3 Å². The van der Waals surface area contributed by atoms with Gasteiger partial charge in [0.1, 0.15) is 12.0 Å². The molecule has 0 saturated carbocycles. The molecule has 1 aliphatic rings. The molecular formula is C31H45FN4O2. The molecule has 0 amide bonds. The number of rotatable bonds is 14. The molecule has 0 saturated heterocycles. The number of unbranched alkanes of at least 4 members (excludes halogenated alkanes) is 1. The van der Waals surface area contributed by atoms with Gasteiger partial charge < -0.3 is 15.2 Å². The van der Waals surface area contributed by atoms with Gasteiger partial charge in [-0.05, 0) is 70.7 Å². The van der Waals surface area contributed by atoms with Crippen LogP contribution in [0.25, 0.3) is 0 Å². The lowest BCUT2D eigenvalue weighted by molar-refractivity contribution is 0.204. The molecule has 7 heteroatoms. The average molecular weight is 525 g/mol. The van der Waals surface area contributed by atoms with Crippen LogP contribution in [0.1, 0.15) is 73.1 Å². The molecule has 0 radical (unpaired) electrons. The summed E-state index contributed by atoms with van der Waals surface area (Å²) in [7, 11) is 0. The highest BCUT2D eigenvalue weighted by Gasteiger charge is 2.21. The Bertz CT molecular complexity index is 1010. The Morgan fingerprint density at radius 3 is 2.89 bits per heavy atom. The van der Waals surface area contributed by atoms with E-state index in [1.54, 1.807) is 12.3 Å². The normalized spacial score (nSPS) is 21.4. The predicted octanol–water partition coefficient (Wildman–Crippen LogP) is 7.02. The quantitative estimate of drug-likeness (QED) is 0.0871. The summed E-state index contributed by atoms with van der Waals surface area (Å²) in [5, 5.41) is 0. The summed E-state index contributed by atoms with van der Waals surface area (Å²) in [6.45, 7) is 14.0. The maximum Gasteiger partial charge on any atom is 0.223 e. The number of hydrogen-bond acceptors (Lipinski definition) is 6. The first-order valence-corrected chi connectivity index (χ1v) is 13.3. The standard InChI is InChI=1S/C31H45FN4O2/c1-8-10-16-26(25(4)9-2)30(27(32)17-11-13-19-35-28(33)18-20-34-7)38-23-29-36-31(5,6)22-24(3)15-12-14-21-37-29/h1,12,15-16,18-20,22,25,28H,7,9-11,13-14,17,21,23,33H2,2-6H3/b15-12?,20-18?,24-22-,26-16-,30-27-,35-19-,36-29-. The predicted molar refractivity (Wildman–Crippen MR) is 159 cm³/mol. The molecule has 38 heavy (non-hydrogen) atoms. The Balaban J connectivity index is 3.18. The molecule has 0 aromatic carbocycles. The van der Waals surface area contributed by atoms with Gasteiger partial charge in [-0.2, -0.15) is 0 Å². The second kappa shape index (κ2) is 18.1. The Kier molecular flexibility index (Phi) is 15.6. The van der Waals surface area contributed by atoms with E-state index >= 15 is 4.39 Å². The van der Waals surface area contributed by atoms with E-state index in [0.717, 1.165) is 24.0 Å². The maximum atomic E-state index is 15.7. The van der Waals surface area contributed by atoms with Crippen molar-refractivity contribution in [2.24, 2.45) is 26.6 Å². The molecule has 2 unspecified atom stereocenters. The van der Waals surface area contributed by atoms with Gasteiger partial charge in [-0.15, -0.1) is 12.3 Å². The van der Waals surface area contributed by atoms with Gasteiger partial charge in [0.05, 0.1) is 12.1 Å². The lowest BCUT2D eigenvalue weighted by Gasteiger charge is -2.23. The van der Waals surface area contributed by atoms with E-state index in [1.807, 2.05) is 33.8 Å². The molecule has 0 bridgehead atoms. The zero-order chi connectivity index (χ0) is 28.4. The fourth-order valence-electron chi connectivity index (χ4n) is 3.79. The molecule has 0 fully saturated rings. The second-order valence-corrected chi connectivity index (χ2v) is 9.73. The van der Waals surface area contributed by atoms with Crippen LogP contribution < -0.4 is 5.73 Å². The number of halogens is 1. The summed E-state index contributed by atoms with van der Waals surface area (Å²) in [5.41, 5.74) is 7.22. The lowest BCUT2D eigenvalue weighted by Crippen LogP contribution is -2.23. The fraction of sp³-hybridized carbons (Fsp3) is 0.516. The van der Waals surface area contributed by atoms with Crippen LogP contribution in [0.2, 0.25) is 0 Å². The molecule has 0 aromatic rings. The van der Waals surface area contributed by atoms with Crippen LogP contribution in [0.4, 0.5) is 4.39 Å². The SMILES string of the molecule is C#CC/C=C(\C(OC/C1=N/C(C)(C)/C=C(/C)C=CCCO1)=C(\F)CCC/C=N\C(N)C=CN=C)C(C)CC. The van der Waals surface area contributed by atoms with E-state index in [1.165, 1.54) is 6.20 Å². The molecule has 208 valence electrons. The van der Waals surface area contributed by atoms with Crippen molar-refractivity contribution in [1.82, 2.24) is 0 Å². The van der Waals surface area contributed by atoms with Crippen LogP contribution in [0.3, 0.4) is 0 Å². The van der Waals surface area contributed by atoms with E-state index in [4.69, 9.17) is 26.6 Å². The van der Waals surface area contributed by atoms with Crippen LogP contribution in [-0.4, -0.2) is 43.7 Å². The molecular weight excluding hydrogens is 479 g/mol. The first-order chi connectivity index (χ1) is 18.1. The molecule has 0 spiro atoms. The zero-order valence-corrected chi connectivity index (χ0v) is 23.8. The fourth-order valence-corrected chi connectivity index (χ4v) is 3.79. The van der Waals surface area contributed by atoms with E-state index < -0.39 is 11.7 Å². The summed E-state index contributed by atoms with van der Waals surface area (Å²) in [6.07, 6.45) is 21.2. The second-order valence-electron chi connectivity index (χ2n) is 9.73. The number of aliphatic imine (C=N–C) groups is 3. The van der Waals surface area contributed by atoms with Crippen molar-refractivity contribution in [1.29, 1.82) is 0 Å². The summed E-state index contributed by atoms with van der Waals surface area (Å²) in [5.74, 6) is 3.00. The molecule has 2 atom stereocenters. The smallest absolute Gasteiger partial charge is 0.223 e. The minimum Gasteiger partial charge on any atom is -0.481 e. The molecule has 1 rings (SSSR count). The van der Waals surface area contributed by atoms with Crippen molar-refractivity contribution >= 4 is 18.8 Å². The number of nitrogens with two attached hydrogens (primary N) is 1. The minimum absolute atomic E-state index is 0.0204. The topological polar surface area (TPSA) is 81.6 Å². The molecule has 1 heterocycles. The van der Waals surface area contributed by atoms with Crippen molar-refractivity contribution in [3.63, 3.8) is 0 Å². The number of nitrogens with zero attached hydrogens (tertiary/aromatic N) is 3. The summed E-state index contributed by atoms with van der Waals surface area (Å²) >= 11 is 0. The molecule has 0 aliphatic carbocycles. The van der Waals surface area contributed by atoms with E-state index in [2.05, 4.69) is 47.8 Å². The third kappa shape index (κ3) is 13.3. The number of allylic oxidation sites excluding steroid dienone is 5. The Morgan fingerprint density at radius 1 is 1.45 bits per heavy atom. The highest BCUT2D eigenvalue weighted by atomic mass is 19.1. The first kappa shape index (κ1) is 32.8. The van der Waals surface area contributed by atoms with Crippen molar-refractivity contribution < 1.29 is 13.9 Å². The minimum atomic E-state index is -0.500. The van der Waals surface area contributed by atoms with Crippen LogP contribution in [0, 0.1) is 18.3 Å². The van der Waals surface area contributed by atoms with Gasteiger partial charge in [-0.25, -0.2) is 9.38 Å². The van der Waals surface area contributed by atoms with Crippen LogP contribution in [0.5, 0.6) is 0 Å². The van der Waals surface area contributed by atoms with Gasteiger partial charge in [-0.1, -0.05) is 43.7 Å². The summed E-state index contributed by atoms with van der Waals surface area (Å²) < 4.78 is 27.8. The van der Waals surface area contributed by atoms with Crippen molar-refractivity contribution in [2.45, 2.75) is 84.8 Å². The number of terminal acetylenes is 1. The van der Waals surface area contributed by atoms with Gasteiger partial charge in [0.25, 0.3) is 0 Å². The van der Waals surface area contributed by atoms with Gasteiger partial charge in [0.15, 0.2) is 12.4 Å². The van der Waals surface area contributed by atoms with Crippen molar-refractivity contribution in [3.8, 4) is 12.3 Å². The van der Waals surface area contributed by atoms with E-state index in [9.17, 15) is 0 Å². The number of ether oxygens (including phenoxy) is 2. The first-order valence-electron chi connectivity index (χ1n) is 13.3. The maximum absolute atomic E-state index is 15.7. The van der Waals surface area contributed by atoms with Crippen molar-refractivity contribution in [3.05, 3.63) is 59.3 Å². The Labute approximate surface area is 229 Å². The van der Waals surface area contributed by atoms with Crippen molar-refractivity contribution in [2.75, 3.05) is 13.2 Å². The van der Waals surface area contributed by atoms with Gasteiger partial charge in [0, 0.05) is 25.3 Å². The van der Waals surface area contributed by atoms with Crippen LogP contribution in [-0.2, 0) is 9.47 Å². The van der Waals surface area contributed by atoms with E-state index in [-0.39, 0.29) is 30.5 Å². The molecule has 6 nitrogen and oxygen atoms in total. The molecule has 1 aliphatic heterocycles. The Hall–Kier alpha value is -3.24. The third-order valence-electron chi connectivity index (χ3n) is 5.76. The Morgan fingerprint density at radius 2 is 2.21 bits per heavy atom. The summed E-state index contributed by atoms with van der Waals surface area (Å²) in [6, 6.07) is 0. The van der Waals surface area contributed by atoms with Gasteiger partial charge >= 0.3 is 0 Å². The third-order valence-corrected chi connectivity index (χ3v) is 5.76. The zero-order valence-electron chi connectivity index (χ0n) is 23.8. The van der Waals surface area contributed by atoms with Crippen LogP contribution >= 0.6 is 0 Å². The highest BCUT2D eigenvalue weighted by molar-refractivity contribution is 5.78. The highest BCUT2D eigenvalue weighted by Crippen LogP contribution is 2.30. The molecule has 2 N–H and O–H groups in total. The molecule has 0 aromatic heterocycles.